The fourth-order valence-corrected chi connectivity index (χ4v) is 4.41. The number of aryl methyl sites for hydroxylation is 1. The minimum absolute atomic E-state index is 0.0703. The van der Waals surface area contributed by atoms with E-state index in [4.69, 9.17) is 0 Å². The second kappa shape index (κ2) is 9.18. The first-order chi connectivity index (χ1) is 14.2. The molecule has 2 aromatic heterocycles. The summed E-state index contributed by atoms with van der Waals surface area (Å²) in [7, 11) is 0. The van der Waals surface area contributed by atoms with Crippen molar-refractivity contribution in [1.29, 1.82) is 0 Å². The molecule has 0 unspecified atom stereocenters. The summed E-state index contributed by atoms with van der Waals surface area (Å²) in [6, 6.07) is 3.92. The highest BCUT2D eigenvalue weighted by molar-refractivity contribution is 7.22. The molecule has 0 aliphatic heterocycles. The van der Waals surface area contributed by atoms with E-state index in [1.54, 1.807) is 10.7 Å². The third kappa shape index (κ3) is 4.52. The first-order valence-electron chi connectivity index (χ1n) is 10.1. The Morgan fingerprint density at radius 2 is 1.87 bits per heavy atom. The summed E-state index contributed by atoms with van der Waals surface area (Å²) >= 11 is 1.10. The van der Waals surface area contributed by atoms with Gasteiger partial charge in [-0.15, -0.1) is 0 Å². The van der Waals surface area contributed by atoms with E-state index in [2.05, 4.69) is 28.8 Å². The first-order valence-corrected chi connectivity index (χ1v) is 10.9. The number of anilines is 1. The van der Waals surface area contributed by atoms with Crippen molar-refractivity contribution in [3.8, 4) is 0 Å². The number of halogens is 2. The number of rotatable bonds is 8. The molecule has 9 heteroatoms. The molecule has 6 nitrogen and oxygen atoms in total. The van der Waals surface area contributed by atoms with Crippen molar-refractivity contribution in [3.63, 3.8) is 0 Å². The number of hydrogen-bond donors (Lipinski definition) is 0. The van der Waals surface area contributed by atoms with Gasteiger partial charge in [-0.25, -0.2) is 13.8 Å². The van der Waals surface area contributed by atoms with Crippen LogP contribution in [0.15, 0.2) is 18.2 Å². The fraction of sp³-hybridized carbons (Fsp3) is 0.476. The molecule has 3 aromatic rings. The summed E-state index contributed by atoms with van der Waals surface area (Å²) in [5, 5.41) is 4.80. The molecule has 0 N–H and O–H groups in total. The molecule has 1 amide bonds. The van der Waals surface area contributed by atoms with Gasteiger partial charge >= 0.3 is 0 Å². The van der Waals surface area contributed by atoms with Gasteiger partial charge in [0.25, 0.3) is 5.91 Å². The lowest BCUT2D eigenvalue weighted by Crippen LogP contribution is -2.39. The highest BCUT2D eigenvalue weighted by Gasteiger charge is 2.25. The number of amides is 1. The lowest BCUT2D eigenvalue weighted by Gasteiger charge is -2.24. The number of benzene rings is 1. The summed E-state index contributed by atoms with van der Waals surface area (Å²) in [5.41, 5.74) is 1.27. The number of carbonyl (C=O) groups excluding carboxylic acids is 1. The average molecular weight is 436 g/mol. The third-order valence-corrected chi connectivity index (χ3v) is 6.07. The zero-order chi connectivity index (χ0) is 22.0. The van der Waals surface area contributed by atoms with Crippen molar-refractivity contribution in [2.75, 3.05) is 31.1 Å². The van der Waals surface area contributed by atoms with E-state index in [0.717, 1.165) is 36.2 Å². The van der Waals surface area contributed by atoms with E-state index < -0.39 is 11.6 Å². The SMILES string of the molecule is CCN(CC)CCN(C(=O)c1cc(C)n(C(C)C)n1)c1nc2c(F)cc(F)cc2s1. The number of aromatic nitrogens is 3. The number of carbonyl (C=O) groups is 1. The van der Waals surface area contributed by atoms with Crippen molar-refractivity contribution >= 4 is 32.6 Å². The zero-order valence-corrected chi connectivity index (χ0v) is 18.8. The van der Waals surface area contributed by atoms with Gasteiger partial charge < -0.3 is 4.90 Å². The van der Waals surface area contributed by atoms with Gasteiger partial charge in [0.2, 0.25) is 0 Å². The van der Waals surface area contributed by atoms with Gasteiger partial charge in [-0.2, -0.15) is 5.10 Å². The van der Waals surface area contributed by atoms with Gasteiger partial charge in [0.15, 0.2) is 16.6 Å². The predicted octanol–water partition coefficient (Wildman–Crippen LogP) is 4.65. The van der Waals surface area contributed by atoms with Crippen LogP contribution in [0, 0.1) is 18.6 Å². The molecule has 162 valence electrons. The maximum Gasteiger partial charge on any atom is 0.280 e. The van der Waals surface area contributed by atoms with Crippen LogP contribution in [-0.4, -0.2) is 51.8 Å². The van der Waals surface area contributed by atoms with Crippen molar-refractivity contribution in [2.24, 2.45) is 0 Å². The maximum absolute atomic E-state index is 14.2. The summed E-state index contributed by atoms with van der Waals surface area (Å²) in [6.07, 6.45) is 0. The van der Waals surface area contributed by atoms with E-state index in [9.17, 15) is 13.6 Å². The number of fused-ring (bicyclic) bond motifs is 1. The van der Waals surface area contributed by atoms with Crippen molar-refractivity contribution in [1.82, 2.24) is 19.7 Å². The lowest BCUT2D eigenvalue weighted by molar-refractivity contribution is 0.0978. The predicted molar refractivity (Wildman–Crippen MR) is 116 cm³/mol. The maximum atomic E-state index is 14.2. The molecule has 0 spiro atoms. The molecular weight excluding hydrogens is 408 g/mol. The molecule has 0 radical (unpaired) electrons. The molecule has 0 atom stereocenters. The van der Waals surface area contributed by atoms with Crippen LogP contribution in [0.4, 0.5) is 13.9 Å². The quantitative estimate of drug-likeness (QED) is 0.517. The van der Waals surface area contributed by atoms with Crippen LogP contribution in [0.25, 0.3) is 10.2 Å². The molecule has 0 saturated carbocycles. The summed E-state index contributed by atoms with van der Waals surface area (Å²) < 4.78 is 30.0. The van der Waals surface area contributed by atoms with Gasteiger partial charge in [0.1, 0.15) is 11.3 Å². The van der Waals surface area contributed by atoms with Crippen molar-refractivity contribution in [2.45, 2.75) is 40.7 Å². The molecule has 3 rings (SSSR count). The smallest absolute Gasteiger partial charge is 0.280 e. The Bertz CT molecular complexity index is 1040. The van der Waals surface area contributed by atoms with Gasteiger partial charge in [0.05, 0.1) is 4.70 Å². The van der Waals surface area contributed by atoms with Gasteiger partial charge in [-0.05, 0) is 46.0 Å². The standard InChI is InChI=1S/C21H27F2N5OS/c1-6-26(7-2)8-9-27(20(29)17-10-14(5)28(25-17)13(3)4)21-24-19-16(23)11-15(22)12-18(19)30-21/h10-13H,6-9H2,1-5H3. The van der Waals surface area contributed by atoms with Gasteiger partial charge in [0, 0.05) is 30.9 Å². The molecular formula is C21H27F2N5OS. The van der Waals surface area contributed by atoms with E-state index in [1.165, 1.54) is 11.0 Å². The molecule has 0 bridgehead atoms. The topological polar surface area (TPSA) is 54.3 Å². The van der Waals surface area contributed by atoms with Crippen LogP contribution in [0.5, 0.6) is 0 Å². The highest BCUT2D eigenvalue weighted by Crippen LogP contribution is 2.32. The Morgan fingerprint density at radius 1 is 1.17 bits per heavy atom. The Morgan fingerprint density at radius 3 is 2.47 bits per heavy atom. The van der Waals surface area contributed by atoms with Crippen molar-refractivity contribution < 1.29 is 13.6 Å². The average Bonchev–Trinajstić information content (AvgIpc) is 3.28. The number of hydrogen-bond acceptors (Lipinski definition) is 5. The molecule has 0 aliphatic rings. The second-order valence-corrected chi connectivity index (χ2v) is 8.43. The molecule has 0 saturated heterocycles. The molecule has 0 aliphatic carbocycles. The van der Waals surface area contributed by atoms with Gasteiger partial charge in [-0.1, -0.05) is 25.2 Å². The Balaban J connectivity index is 2.01. The normalized spacial score (nSPS) is 11.8. The molecule has 30 heavy (non-hydrogen) atoms. The lowest BCUT2D eigenvalue weighted by atomic mass is 10.3. The monoisotopic (exact) mass is 435 g/mol. The fourth-order valence-electron chi connectivity index (χ4n) is 3.38. The van der Waals surface area contributed by atoms with Crippen LogP contribution in [0.3, 0.4) is 0 Å². The zero-order valence-electron chi connectivity index (χ0n) is 17.9. The number of likely N-dealkylation sites (N-methyl/N-ethyl adjacent to an activating group) is 1. The highest BCUT2D eigenvalue weighted by atomic mass is 32.1. The largest absolute Gasteiger partial charge is 0.302 e. The van der Waals surface area contributed by atoms with Gasteiger partial charge in [-0.3, -0.25) is 14.4 Å². The minimum Gasteiger partial charge on any atom is -0.302 e. The first kappa shape index (κ1) is 22.3. The third-order valence-electron chi connectivity index (χ3n) is 5.04. The van der Waals surface area contributed by atoms with E-state index in [0.29, 0.717) is 28.6 Å². The summed E-state index contributed by atoms with van der Waals surface area (Å²) in [4.78, 5) is 21.4. The van der Waals surface area contributed by atoms with Crippen LogP contribution in [-0.2, 0) is 0 Å². The summed E-state index contributed by atoms with van der Waals surface area (Å²) in [6.45, 7) is 12.7. The van der Waals surface area contributed by atoms with E-state index in [-0.39, 0.29) is 17.5 Å². The number of nitrogens with zero attached hydrogens (tertiary/aromatic N) is 5. The van der Waals surface area contributed by atoms with Crippen LogP contribution in [0.1, 0.15) is 49.9 Å². The van der Waals surface area contributed by atoms with Crippen LogP contribution < -0.4 is 4.90 Å². The van der Waals surface area contributed by atoms with Crippen LogP contribution >= 0.6 is 11.3 Å². The Hall–Kier alpha value is -2.39. The van der Waals surface area contributed by atoms with E-state index >= 15 is 0 Å². The Kier molecular flexibility index (Phi) is 6.82. The number of thiazole rings is 1. The molecule has 2 heterocycles. The molecule has 1 aromatic carbocycles. The Labute approximate surface area is 179 Å². The minimum atomic E-state index is -0.733. The van der Waals surface area contributed by atoms with Crippen molar-refractivity contribution in [3.05, 3.63) is 41.2 Å². The molecule has 0 fully saturated rings. The second-order valence-electron chi connectivity index (χ2n) is 7.42. The summed E-state index contributed by atoms with van der Waals surface area (Å²) in [5.74, 6) is -1.70. The van der Waals surface area contributed by atoms with E-state index in [1.807, 2.05) is 20.8 Å². The van der Waals surface area contributed by atoms with Crippen LogP contribution in [0.2, 0.25) is 0 Å².